The Morgan fingerprint density at radius 2 is 2.12 bits per heavy atom. The maximum Gasteiger partial charge on any atom is 0.230 e. The van der Waals surface area contributed by atoms with E-state index in [9.17, 15) is 4.79 Å². The molecule has 4 heterocycles. The van der Waals surface area contributed by atoms with Gasteiger partial charge in [0.2, 0.25) is 5.91 Å². The number of ether oxygens (including phenoxy) is 1. The molecule has 3 aromatic heterocycles. The average molecular weight is 476 g/mol. The first-order valence-corrected chi connectivity index (χ1v) is 12.7. The van der Waals surface area contributed by atoms with E-state index in [2.05, 4.69) is 25.6 Å². The minimum atomic E-state index is -0.0930. The molecular weight excluding hydrogens is 446 g/mol. The molecule has 5 rings (SSSR count). The van der Waals surface area contributed by atoms with Crippen LogP contribution in [0.25, 0.3) is 22.3 Å². The van der Waals surface area contributed by atoms with Crippen molar-refractivity contribution in [2.75, 3.05) is 25.0 Å². The molecule has 8 heteroatoms. The Kier molecular flexibility index (Phi) is 7.16. The summed E-state index contributed by atoms with van der Waals surface area (Å²) >= 11 is 1.42. The standard InChI is InChI=1S/C26H29N5O2S/c32-24(31-26-30-23(17-34-26)22-16-29-25-21(22)7-2-10-28-25)15-19-4-1-6-20(14-19)33-13-3-5-18-8-11-27-12-9-18/h1-2,4,6-7,10,14,16-18,27H,3,5,8-9,11-13,15H2,(H,28,29)(H,30,31,32). The third-order valence-electron chi connectivity index (χ3n) is 6.22. The second kappa shape index (κ2) is 10.8. The van der Waals surface area contributed by atoms with Gasteiger partial charge in [-0.3, -0.25) is 4.79 Å². The third kappa shape index (κ3) is 5.63. The number of hydrogen-bond acceptors (Lipinski definition) is 6. The number of amides is 1. The molecule has 0 aliphatic carbocycles. The Morgan fingerprint density at radius 3 is 3.03 bits per heavy atom. The van der Waals surface area contributed by atoms with Crippen LogP contribution >= 0.6 is 11.3 Å². The molecule has 0 saturated carbocycles. The Hall–Kier alpha value is -3.23. The largest absolute Gasteiger partial charge is 0.494 e. The van der Waals surface area contributed by atoms with E-state index < -0.39 is 0 Å². The highest BCUT2D eigenvalue weighted by Gasteiger charge is 2.14. The molecule has 1 aliphatic heterocycles. The average Bonchev–Trinajstić information content (AvgIpc) is 3.49. The van der Waals surface area contributed by atoms with Gasteiger partial charge < -0.3 is 20.4 Å². The summed E-state index contributed by atoms with van der Waals surface area (Å²) in [5.41, 5.74) is 3.54. The van der Waals surface area contributed by atoms with E-state index in [-0.39, 0.29) is 12.3 Å². The molecule has 0 unspecified atom stereocenters. The van der Waals surface area contributed by atoms with Gasteiger partial charge in [-0.2, -0.15) is 0 Å². The normalized spacial score (nSPS) is 14.4. The molecule has 34 heavy (non-hydrogen) atoms. The van der Waals surface area contributed by atoms with Crippen molar-refractivity contribution in [1.82, 2.24) is 20.3 Å². The fourth-order valence-corrected chi connectivity index (χ4v) is 5.18. The van der Waals surface area contributed by atoms with Crippen LogP contribution in [0, 0.1) is 5.92 Å². The number of nitrogens with zero attached hydrogens (tertiary/aromatic N) is 2. The van der Waals surface area contributed by atoms with Gasteiger partial charge in [0.05, 0.1) is 18.7 Å². The fraction of sp³-hybridized carbons (Fsp3) is 0.346. The van der Waals surface area contributed by atoms with Crippen LogP contribution in [0.2, 0.25) is 0 Å². The van der Waals surface area contributed by atoms with E-state index in [1.807, 2.05) is 48.0 Å². The van der Waals surface area contributed by atoms with Gasteiger partial charge in [-0.15, -0.1) is 11.3 Å². The fourth-order valence-electron chi connectivity index (χ4n) is 4.45. The van der Waals surface area contributed by atoms with Gasteiger partial charge in [-0.1, -0.05) is 12.1 Å². The summed E-state index contributed by atoms with van der Waals surface area (Å²) in [6.07, 6.45) is 8.75. The molecule has 0 spiro atoms. The zero-order chi connectivity index (χ0) is 23.2. The summed E-state index contributed by atoms with van der Waals surface area (Å²) in [6, 6.07) is 11.7. The summed E-state index contributed by atoms with van der Waals surface area (Å²) < 4.78 is 5.95. The van der Waals surface area contributed by atoms with Gasteiger partial charge in [-0.05, 0) is 74.5 Å². The van der Waals surface area contributed by atoms with Crippen LogP contribution in [0.5, 0.6) is 5.75 Å². The molecule has 1 aliphatic rings. The number of carbonyl (C=O) groups is 1. The van der Waals surface area contributed by atoms with E-state index in [1.54, 1.807) is 6.20 Å². The van der Waals surface area contributed by atoms with Crippen LogP contribution in [0.1, 0.15) is 31.2 Å². The van der Waals surface area contributed by atoms with Crippen molar-refractivity contribution >= 4 is 33.4 Å². The van der Waals surface area contributed by atoms with Crippen LogP contribution in [-0.4, -0.2) is 40.6 Å². The summed E-state index contributed by atoms with van der Waals surface area (Å²) in [6.45, 7) is 2.99. The van der Waals surface area contributed by atoms with Crippen molar-refractivity contribution in [3.8, 4) is 17.0 Å². The van der Waals surface area contributed by atoms with Crippen LogP contribution in [-0.2, 0) is 11.2 Å². The van der Waals surface area contributed by atoms with Crippen LogP contribution in [0.4, 0.5) is 5.13 Å². The quantitative estimate of drug-likeness (QED) is 0.296. The monoisotopic (exact) mass is 475 g/mol. The predicted molar refractivity (Wildman–Crippen MR) is 136 cm³/mol. The van der Waals surface area contributed by atoms with Crippen molar-refractivity contribution in [3.63, 3.8) is 0 Å². The molecule has 0 atom stereocenters. The van der Waals surface area contributed by atoms with E-state index in [0.717, 1.165) is 59.0 Å². The first-order valence-electron chi connectivity index (χ1n) is 11.8. The lowest BCUT2D eigenvalue weighted by molar-refractivity contribution is -0.115. The van der Waals surface area contributed by atoms with Crippen molar-refractivity contribution < 1.29 is 9.53 Å². The Bertz CT molecular complexity index is 1240. The van der Waals surface area contributed by atoms with Gasteiger partial charge in [0, 0.05) is 28.7 Å². The number of fused-ring (bicyclic) bond motifs is 1. The SMILES string of the molecule is O=C(Cc1cccc(OCCCC2CCNCC2)c1)Nc1nc(-c2c[nH]c3ncccc23)cs1. The second-order valence-corrected chi connectivity index (χ2v) is 9.55. The maximum absolute atomic E-state index is 12.6. The number of benzene rings is 1. The molecule has 176 valence electrons. The third-order valence-corrected chi connectivity index (χ3v) is 6.98. The maximum atomic E-state index is 12.6. The number of aromatic amines is 1. The van der Waals surface area contributed by atoms with Crippen molar-refractivity contribution in [2.24, 2.45) is 5.92 Å². The van der Waals surface area contributed by atoms with E-state index in [0.29, 0.717) is 11.7 Å². The molecule has 1 saturated heterocycles. The first kappa shape index (κ1) is 22.6. The smallest absolute Gasteiger partial charge is 0.230 e. The van der Waals surface area contributed by atoms with Crippen molar-refractivity contribution in [2.45, 2.75) is 32.1 Å². The van der Waals surface area contributed by atoms with Crippen LogP contribution < -0.4 is 15.4 Å². The second-order valence-electron chi connectivity index (χ2n) is 8.70. The molecule has 3 N–H and O–H groups in total. The summed E-state index contributed by atoms with van der Waals surface area (Å²) in [5, 5.41) is 9.88. The number of anilines is 1. The predicted octanol–water partition coefficient (Wildman–Crippen LogP) is 5.03. The number of carbonyl (C=O) groups excluding carboxylic acids is 1. The number of H-pyrrole nitrogens is 1. The molecule has 1 aromatic carbocycles. The minimum Gasteiger partial charge on any atom is -0.494 e. The highest BCUT2D eigenvalue weighted by Crippen LogP contribution is 2.30. The zero-order valence-corrected chi connectivity index (χ0v) is 19.9. The summed E-state index contributed by atoms with van der Waals surface area (Å²) in [4.78, 5) is 24.7. The van der Waals surface area contributed by atoms with Gasteiger partial charge >= 0.3 is 0 Å². The summed E-state index contributed by atoms with van der Waals surface area (Å²) in [5.74, 6) is 1.54. The Labute approximate surface area is 203 Å². The Morgan fingerprint density at radius 1 is 1.21 bits per heavy atom. The highest BCUT2D eigenvalue weighted by molar-refractivity contribution is 7.14. The topological polar surface area (TPSA) is 91.9 Å². The van der Waals surface area contributed by atoms with Gasteiger partial charge in [0.25, 0.3) is 0 Å². The number of nitrogens with one attached hydrogen (secondary N) is 3. The van der Waals surface area contributed by atoms with Crippen LogP contribution in [0.15, 0.2) is 54.2 Å². The van der Waals surface area contributed by atoms with Crippen LogP contribution in [0.3, 0.4) is 0 Å². The lowest BCUT2D eigenvalue weighted by atomic mass is 9.93. The molecular formula is C26H29N5O2S. The molecule has 1 fully saturated rings. The van der Waals surface area contributed by atoms with E-state index in [4.69, 9.17) is 4.74 Å². The van der Waals surface area contributed by atoms with Gasteiger partial charge in [-0.25, -0.2) is 9.97 Å². The molecule has 1 amide bonds. The number of piperidine rings is 1. The van der Waals surface area contributed by atoms with E-state index >= 15 is 0 Å². The Balaban J connectivity index is 1.12. The van der Waals surface area contributed by atoms with E-state index in [1.165, 1.54) is 30.6 Å². The molecule has 0 radical (unpaired) electrons. The molecule has 7 nitrogen and oxygen atoms in total. The van der Waals surface area contributed by atoms with Gasteiger partial charge in [0.1, 0.15) is 11.4 Å². The number of pyridine rings is 1. The minimum absolute atomic E-state index is 0.0930. The van der Waals surface area contributed by atoms with Crippen molar-refractivity contribution in [1.29, 1.82) is 0 Å². The summed E-state index contributed by atoms with van der Waals surface area (Å²) in [7, 11) is 0. The molecule has 0 bridgehead atoms. The lowest BCUT2D eigenvalue weighted by Crippen LogP contribution is -2.27. The van der Waals surface area contributed by atoms with Crippen molar-refractivity contribution in [3.05, 3.63) is 59.7 Å². The number of rotatable bonds is 9. The molecule has 4 aromatic rings. The zero-order valence-electron chi connectivity index (χ0n) is 19.0. The lowest BCUT2D eigenvalue weighted by Gasteiger charge is -2.22. The number of thiazole rings is 1. The first-order chi connectivity index (χ1) is 16.7. The number of aromatic nitrogens is 3. The number of hydrogen-bond donors (Lipinski definition) is 3. The van der Waals surface area contributed by atoms with Gasteiger partial charge in [0.15, 0.2) is 5.13 Å². The highest BCUT2D eigenvalue weighted by atomic mass is 32.1.